The highest BCUT2D eigenvalue weighted by Crippen LogP contribution is 2.36. The Morgan fingerprint density at radius 2 is 1.68 bits per heavy atom. The molecule has 3 nitrogen and oxygen atoms in total. The Labute approximate surface area is 115 Å². The van der Waals surface area contributed by atoms with E-state index in [1.54, 1.807) is 34.6 Å². The molecule has 0 saturated heterocycles. The fourth-order valence-electron chi connectivity index (χ4n) is 1.96. The van der Waals surface area contributed by atoms with Gasteiger partial charge in [-0.15, -0.1) is 0 Å². The van der Waals surface area contributed by atoms with Crippen LogP contribution in [0.25, 0.3) is 0 Å². The molecule has 0 aromatic heterocycles. The minimum atomic E-state index is 0.215. The van der Waals surface area contributed by atoms with Crippen LogP contribution in [0.4, 0.5) is 5.69 Å². The van der Waals surface area contributed by atoms with Crippen molar-refractivity contribution in [3.8, 4) is 5.75 Å². The first-order valence-electron chi connectivity index (χ1n) is 5.98. The number of benzene rings is 2. The molecular weight excluding hydrogens is 258 g/mol. The van der Waals surface area contributed by atoms with Crippen molar-refractivity contribution in [2.45, 2.75) is 11.3 Å². The first-order valence-corrected chi connectivity index (χ1v) is 6.75. The Bertz CT molecular complexity index is 622. The summed E-state index contributed by atoms with van der Waals surface area (Å²) in [6, 6.07) is 14.9. The summed E-state index contributed by atoms with van der Waals surface area (Å²) in [6.45, 7) is 0. The predicted molar refractivity (Wildman–Crippen MR) is 77.3 cm³/mol. The second-order valence-corrected chi connectivity index (χ2v) is 5.26. The van der Waals surface area contributed by atoms with Crippen LogP contribution >= 0.6 is 11.9 Å². The Balaban J connectivity index is 1.99. The Hall–Kier alpha value is -2.07. The lowest BCUT2D eigenvalue weighted by atomic mass is 10.1. The number of allylic oxidation sites excluding steroid dienone is 1. The molecule has 1 heterocycles. The molecule has 3 rings (SSSR count). The molecule has 0 unspecified atom stereocenters. The molecule has 0 aliphatic carbocycles. The van der Waals surface area contributed by atoms with Crippen molar-refractivity contribution in [2.75, 3.05) is 4.31 Å². The molecule has 0 atom stereocenters. The summed E-state index contributed by atoms with van der Waals surface area (Å²) < 4.78 is 1.76. The lowest BCUT2D eigenvalue weighted by Gasteiger charge is -2.21. The molecule has 0 amide bonds. The van der Waals surface area contributed by atoms with Gasteiger partial charge in [0.1, 0.15) is 5.75 Å². The van der Waals surface area contributed by atoms with Crippen LogP contribution in [0.2, 0.25) is 0 Å². The molecule has 0 fully saturated rings. The summed E-state index contributed by atoms with van der Waals surface area (Å²) in [5.74, 6) is 0.430. The van der Waals surface area contributed by atoms with Crippen LogP contribution in [-0.4, -0.2) is 10.2 Å². The highest BCUT2D eigenvalue weighted by molar-refractivity contribution is 8.00. The Morgan fingerprint density at radius 3 is 2.47 bits per heavy atom. The number of phenolic OH excluding ortho intramolecular Hbond substituents is 1. The van der Waals surface area contributed by atoms with Crippen molar-refractivity contribution in [1.82, 2.24) is 0 Å². The molecule has 0 radical (unpaired) electrons. The minimum absolute atomic E-state index is 0.215. The van der Waals surface area contributed by atoms with Crippen LogP contribution in [0.3, 0.4) is 0 Å². The molecule has 2 N–H and O–H groups in total. The molecule has 1 aliphatic heterocycles. The third-order valence-electron chi connectivity index (χ3n) is 2.96. The van der Waals surface area contributed by atoms with E-state index in [0.717, 1.165) is 10.6 Å². The zero-order valence-electron chi connectivity index (χ0n) is 10.2. The molecule has 4 heteroatoms. The summed E-state index contributed by atoms with van der Waals surface area (Å²) in [5.41, 5.74) is 2.02. The maximum Gasteiger partial charge on any atom is 0.198 e. The Morgan fingerprint density at radius 1 is 0.947 bits per heavy atom. The number of nitrogens with zero attached hydrogens (tertiary/aromatic N) is 1. The van der Waals surface area contributed by atoms with Gasteiger partial charge in [0.25, 0.3) is 0 Å². The molecule has 2 aromatic carbocycles. The number of aromatic hydroxyl groups is 1. The second-order valence-electron chi connectivity index (χ2n) is 4.28. The molecule has 0 saturated carbocycles. The number of aliphatic hydroxyl groups excluding tert-OH is 1. The van der Waals surface area contributed by atoms with Crippen LogP contribution in [0.1, 0.15) is 5.56 Å². The molecule has 96 valence electrons. The van der Waals surface area contributed by atoms with Gasteiger partial charge < -0.3 is 10.2 Å². The topological polar surface area (TPSA) is 43.7 Å². The lowest BCUT2D eigenvalue weighted by molar-refractivity contribution is 0.407. The van der Waals surface area contributed by atoms with E-state index in [2.05, 4.69) is 6.07 Å². The first-order chi connectivity index (χ1) is 9.24. The van der Waals surface area contributed by atoms with Gasteiger partial charge in [-0.05, 0) is 60.3 Å². The number of hydrogen-bond donors (Lipinski definition) is 2. The standard InChI is InChI=1S/C15H13NO2S/c17-13-8-6-12(7-9-13)16-15(18)10-5-11-3-1-2-4-14(11)19-16/h1-4,6-10,17-18H,5H2. The van der Waals surface area contributed by atoms with Crippen LogP contribution in [-0.2, 0) is 6.42 Å². The Kier molecular flexibility index (Phi) is 3.09. The van der Waals surface area contributed by atoms with Crippen LogP contribution in [0, 0.1) is 0 Å². The van der Waals surface area contributed by atoms with Gasteiger partial charge in [0.2, 0.25) is 0 Å². The van der Waals surface area contributed by atoms with Crippen molar-refractivity contribution in [3.05, 3.63) is 66.1 Å². The normalized spacial score (nSPS) is 14.5. The quantitative estimate of drug-likeness (QED) is 0.773. The number of fused-ring (bicyclic) bond motifs is 1. The van der Waals surface area contributed by atoms with Crippen LogP contribution in [0.15, 0.2) is 65.4 Å². The van der Waals surface area contributed by atoms with E-state index in [1.807, 2.05) is 18.2 Å². The highest BCUT2D eigenvalue weighted by atomic mass is 32.2. The number of hydrogen-bond acceptors (Lipinski definition) is 4. The van der Waals surface area contributed by atoms with Gasteiger partial charge in [-0.1, -0.05) is 18.2 Å². The third kappa shape index (κ3) is 2.39. The smallest absolute Gasteiger partial charge is 0.198 e. The largest absolute Gasteiger partial charge is 0.508 e. The number of anilines is 1. The van der Waals surface area contributed by atoms with Gasteiger partial charge in [0.05, 0.1) is 5.69 Å². The maximum atomic E-state index is 10.1. The monoisotopic (exact) mass is 271 g/mol. The third-order valence-corrected chi connectivity index (χ3v) is 4.13. The highest BCUT2D eigenvalue weighted by Gasteiger charge is 2.18. The van der Waals surface area contributed by atoms with Gasteiger partial charge in [-0.25, -0.2) is 0 Å². The second kappa shape index (κ2) is 4.90. The van der Waals surface area contributed by atoms with E-state index in [9.17, 15) is 10.2 Å². The van der Waals surface area contributed by atoms with Crippen molar-refractivity contribution in [1.29, 1.82) is 0 Å². The molecule has 0 spiro atoms. The van der Waals surface area contributed by atoms with E-state index in [-0.39, 0.29) is 11.6 Å². The van der Waals surface area contributed by atoms with Gasteiger partial charge in [-0.3, -0.25) is 4.31 Å². The van der Waals surface area contributed by atoms with Crippen LogP contribution < -0.4 is 4.31 Å². The van der Waals surface area contributed by atoms with Gasteiger partial charge in [0.15, 0.2) is 5.88 Å². The minimum Gasteiger partial charge on any atom is -0.508 e. The van der Waals surface area contributed by atoms with E-state index >= 15 is 0 Å². The molecule has 0 bridgehead atoms. The number of phenols is 1. The van der Waals surface area contributed by atoms with E-state index in [0.29, 0.717) is 6.42 Å². The fourth-order valence-corrected chi connectivity index (χ4v) is 2.96. The summed E-state index contributed by atoms with van der Waals surface area (Å²) >= 11 is 1.48. The van der Waals surface area contributed by atoms with Gasteiger partial charge in [-0.2, -0.15) is 0 Å². The van der Waals surface area contributed by atoms with Crippen molar-refractivity contribution in [2.24, 2.45) is 0 Å². The fraction of sp³-hybridized carbons (Fsp3) is 0.0667. The average molecular weight is 271 g/mol. The predicted octanol–water partition coefficient (Wildman–Crippen LogP) is 3.86. The molecular formula is C15H13NO2S. The van der Waals surface area contributed by atoms with E-state index < -0.39 is 0 Å². The summed E-state index contributed by atoms with van der Waals surface area (Å²) in [7, 11) is 0. The first kappa shape index (κ1) is 12.0. The zero-order valence-corrected chi connectivity index (χ0v) is 11.0. The summed E-state index contributed by atoms with van der Waals surface area (Å²) in [4.78, 5) is 1.12. The molecule has 1 aliphatic rings. The average Bonchev–Trinajstić information content (AvgIpc) is 2.60. The van der Waals surface area contributed by atoms with Crippen molar-refractivity contribution < 1.29 is 10.2 Å². The van der Waals surface area contributed by atoms with E-state index in [1.165, 1.54) is 17.5 Å². The van der Waals surface area contributed by atoms with Crippen LogP contribution in [0.5, 0.6) is 5.75 Å². The van der Waals surface area contributed by atoms with Crippen molar-refractivity contribution >= 4 is 17.6 Å². The molecule has 2 aromatic rings. The number of rotatable bonds is 1. The SMILES string of the molecule is OC1=CCc2ccccc2SN1c1ccc(O)cc1. The molecule has 19 heavy (non-hydrogen) atoms. The van der Waals surface area contributed by atoms with Gasteiger partial charge >= 0.3 is 0 Å². The van der Waals surface area contributed by atoms with Gasteiger partial charge in [0, 0.05) is 4.90 Å². The summed E-state index contributed by atoms with van der Waals surface area (Å²) in [5, 5.41) is 19.5. The summed E-state index contributed by atoms with van der Waals surface area (Å²) in [6.07, 6.45) is 2.51. The maximum absolute atomic E-state index is 10.1. The zero-order chi connectivity index (χ0) is 13.2. The number of aliphatic hydroxyl groups is 1. The van der Waals surface area contributed by atoms with Crippen molar-refractivity contribution in [3.63, 3.8) is 0 Å². The van der Waals surface area contributed by atoms with E-state index in [4.69, 9.17) is 0 Å². The lowest BCUT2D eigenvalue weighted by Crippen LogP contribution is -2.12.